The molecule has 0 unspecified atom stereocenters. The molecule has 1 fully saturated rings. The van der Waals surface area contributed by atoms with E-state index in [0.29, 0.717) is 36.1 Å². The SMILES string of the molecule is COc1cc(/C=C/C(=O)N2CCCN(c3ccc(C#N)cc3)CC2)ccc1OCC(C)C. The molecule has 32 heavy (non-hydrogen) atoms. The van der Waals surface area contributed by atoms with Gasteiger partial charge in [0.05, 0.1) is 25.3 Å². The highest BCUT2D eigenvalue weighted by atomic mass is 16.5. The lowest BCUT2D eigenvalue weighted by Crippen LogP contribution is -2.34. The fourth-order valence-corrected chi connectivity index (χ4v) is 3.58. The summed E-state index contributed by atoms with van der Waals surface area (Å²) in [5.41, 5.74) is 2.63. The van der Waals surface area contributed by atoms with Crippen LogP contribution in [0.15, 0.2) is 48.5 Å². The maximum Gasteiger partial charge on any atom is 0.246 e. The van der Waals surface area contributed by atoms with Gasteiger partial charge in [-0.25, -0.2) is 0 Å². The van der Waals surface area contributed by atoms with Crippen LogP contribution in [-0.2, 0) is 4.79 Å². The molecular weight excluding hydrogens is 402 g/mol. The van der Waals surface area contributed by atoms with Gasteiger partial charge < -0.3 is 19.3 Å². The van der Waals surface area contributed by atoms with Gasteiger partial charge in [0, 0.05) is 37.9 Å². The number of ether oxygens (including phenoxy) is 2. The summed E-state index contributed by atoms with van der Waals surface area (Å²) in [4.78, 5) is 16.9. The molecule has 1 heterocycles. The van der Waals surface area contributed by atoms with Crippen LogP contribution < -0.4 is 14.4 Å². The minimum absolute atomic E-state index is 0.00535. The average molecular weight is 434 g/mol. The Labute approximate surface area is 190 Å². The number of carbonyl (C=O) groups is 1. The molecule has 0 spiro atoms. The molecule has 0 aromatic heterocycles. The van der Waals surface area contributed by atoms with E-state index >= 15 is 0 Å². The van der Waals surface area contributed by atoms with Crippen molar-refractivity contribution in [3.8, 4) is 17.6 Å². The van der Waals surface area contributed by atoms with Crippen LogP contribution in [0.1, 0.15) is 31.4 Å². The van der Waals surface area contributed by atoms with Gasteiger partial charge in [-0.3, -0.25) is 4.79 Å². The Hall–Kier alpha value is -3.46. The summed E-state index contributed by atoms with van der Waals surface area (Å²) in [5.74, 6) is 1.80. The fraction of sp³-hybridized carbons (Fsp3) is 0.385. The molecule has 1 aliphatic heterocycles. The summed E-state index contributed by atoms with van der Waals surface area (Å²) in [6.45, 7) is 7.85. The monoisotopic (exact) mass is 433 g/mol. The Morgan fingerprint density at radius 3 is 2.56 bits per heavy atom. The maximum absolute atomic E-state index is 12.8. The first kappa shape index (κ1) is 23.2. The van der Waals surface area contributed by atoms with E-state index in [9.17, 15) is 4.79 Å². The molecule has 168 valence electrons. The minimum atomic E-state index is 0.00535. The molecule has 3 rings (SSSR count). The van der Waals surface area contributed by atoms with Crippen molar-refractivity contribution in [1.82, 2.24) is 4.90 Å². The van der Waals surface area contributed by atoms with E-state index in [2.05, 4.69) is 24.8 Å². The lowest BCUT2D eigenvalue weighted by Gasteiger charge is -2.23. The number of hydrogen-bond acceptors (Lipinski definition) is 5. The number of carbonyl (C=O) groups excluding carboxylic acids is 1. The summed E-state index contributed by atoms with van der Waals surface area (Å²) in [5, 5.41) is 8.97. The second kappa shape index (κ2) is 11.2. The number of nitrogens with zero attached hydrogens (tertiary/aromatic N) is 3. The van der Waals surface area contributed by atoms with E-state index < -0.39 is 0 Å². The van der Waals surface area contributed by atoms with Crippen LogP contribution in [0.5, 0.6) is 11.5 Å². The number of amides is 1. The maximum atomic E-state index is 12.8. The predicted octanol–water partition coefficient (Wildman–Crippen LogP) is 4.35. The first-order valence-corrected chi connectivity index (χ1v) is 11.0. The Kier molecular flexibility index (Phi) is 8.15. The van der Waals surface area contributed by atoms with Crippen molar-refractivity contribution in [1.29, 1.82) is 5.26 Å². The number of rotatable bonds is 7. The molecule has 0 saturated carbocycles. The van der Waals surface area contributed by atoms with Crippen molar-refractivity contribution < 1.29 is 14.3 Å². The molecule has 2 aromatic carbocycles. The first-order chi connectivity index (χ1) is 15.5. The molecule has 6 nitrogen and oxygen atoms in total. The Morgan fingerprint density at radius 2 is 1.88 bits per heavy atom. The number of anilines is 1. The van der Waals surface area contributed by atoms with Crippen LogP contribution in [0, 0.1) is 17.2 Å². The molecular formula is C26H31N3O3. The Morgan fingerprint density at radius 1 is 1.09 bits per heavy atom. The van der Waals surface area contributed by atoms with Gasteiger partial charge in [0.1, 0.15) is 0 Å². The second-order valence-electron chi connectivity index (χ2n) is 8.27. The number of hydrogen-bond donors (Lipinski definition) is 0. The number of benzene rings is 2. The average Bonchev–Trinajstić information content (AvgIpc) is 3.08. The highest BCUT2D eigenvalue weighted by molar-refractivity contribution is 5.92. The smallest absolute Gasteiger partial charge is 0.246 e. The van der Waals surface area contributed by atoms with E-state index in [4.69, 9.17) is 14.7 Å². The summed E-state index contributed by atoms with van der Waals surface area (Å²) in [6.07, 6.45) is 4.34. The van der Waals surface area contributed by atoms with Crippen molar-refractivity contribution in [2.75, 3.05) is 44.8 Å². The summed E-state index contributed by atoms with van der Waals surface area (Å²) < 4.78 is 11.2. The van der Waals surface area contributed by atoms with Crippen LogP contribution in [0.4, 0.5) is 5.69 Å². The molecule has 2 aromatic rings. The van der Waals surface area contributed by atoms with E-state index in [0.717, 1.165) is 37.3 Å². The molecule has 0 atom stereocenters. The van der Waals surface area contributed by atoms with Crippen molar-refractivity contribution in [2.45, 2.75) is 20.3 Å². The molecule has 0 radical (unpaired) electrons. The van der Waals surface area contributed by atoms with E-state index in [1.54, 1.807) is 13.2 Å². The molecule has 6 heteroatoms. The third-order valence-corrected chi connectivity index (χ3v) is 5.35. The van der Waals surface area contributed by atoms with Crippen molar-refractivity contribution in [3.63, 3.8) is 0 Å². The van der Waals surface area contributed by atoms with Gasteiger partial charge in [-0.15, -0.1) is 0 Å². The van der Waals surface area contributed by atoms with Crippen LogP contribution >= 0.6 is 0 Å². The van der Waals surface area contributed by atoms with E-state index in [1.165, 1.54) is 0 Å². The van der Waals surface area contributed by atoms with E-state index in [1.807, 2.05) is 53.4 Å². The molecule has 1 saturated heterocycles. The highest BCUT2D eigenvalue weighted by Gasteiger charge is 2.18. The first-order valence-electron chi connectivity index (χ1n) is 11.0. The largest absolute Gasteiger partial charge is 0.493 e. The Balaban J connectivity index is 1.59. The Bertz CT molecular complexity index is 977. The standard InChI is InChI=1S/C26H31N3O3/c1-20(2)19-32-24-11-7-21(17-25(24)31-3)8-12-26(30)29-14-4-13-28(15-16-29)23-9-5-22(18-27)6-10-23/h5-12,17,20H,4,13-16,19H2,1-3H3/b12-8+. The highest BCUT2D eigenvalue weighted by Crippen LogP contribution is 2.29. The topological polar surface area (TPSA) is 65.8 Å². The van der Waals surface area contributed by atoms with Gasteiger partial charge in [0.2, 0.25) is 5.91 Å². The number of methoxy groups -OCH3 is 1. The third-order valence-electron chi connectivity index (χ3n) is 5.35. The quantitative estimate of drug-likeness (QED) is 0.607. The van der Waals surface area contributed by atoms with Crippen molar-refractivity contribution in [3.05, 3.63) is 59.7 Å². The number of nitriles is 1. The normalized spacial score (nSPS) is 14.3. The minimum Gasteiger partial charge on any atom is -0.493 e. The van der Waals surface area contributed by atoms with Crippen LogP contribution in [0.25, 0.3) is 6.08 Å². The lowest BCUT2D eigenvalue weighted by atomic mass is 10.1. The second-order valence-corrected chi connectivity index (χ2v) is 8.27. The van der Waals surface area contributed by atoms with Crippen molar-refractivity contribution >= 4 is 17.7 Å². The predicted molar refractivity (Wildman–Crippen MR) is 127 cm³/mol. The molecule has 0 aliphatic carbocycles. The van der Waals surface area contributed by atoms with Crippen molar-refractivity contribution in [2.24, 2.45) is 5.92 Å². The lowest BCUT2D eigenvalue weighted by molar-refractivity contribution is -0.125. The fourth-order valence-electron chi connectivity index (χ4n) is 3.58. The van der Waals surface area contributed by atoms with Crippen LogP contribution in [0.3, 0.4) is 0 Å². The summed E-state index contributed by atoms with van der Waals surface area (Å²) >= 11 is 0. The van der Waals surface area contributed by atoms with Gasteiger partial charge in [0.25, 0.3) is 0 Å². The zero-order valence-electron chi connectivity index (χ0n) is 19.1. The summed E-state index contributed by atoms with van der Waals surface area (Å²) in [6, 6.07) is 15.4. The van der Waals surface area contributed by atoms with Gasteiger partial charge in [-0.05, 0) is 60.4 Å². The third kappa shape index (κ3) is 6.27. The van der Waals surface area contributed by atoms with E-state index in [-0.39, 0.29) is 5.91 Å². The van der Waals surface area contributed by atoms with Crippen LogP contribution in [0.2, 0.25) is 0 Å². The molecule has 1 amide bonds. The van der Waals surface area contributed by atoms with Gasteiger partial charge in [-0.1, -0.05) is 19.9 Å². The van der Waals surface area contributed by atoms with Gasteiger partial charge >= 0.3 is 0 Å². The van der Waals surface area contributed by atoms with Crippen LogP contribution in [-0.4, -0.2) is 50.7 Å². The molecule has 1 aliphatic rings. The zero-order chi connectivity index (χ0) is 22.9. The zero-order valence-corrected chi connectivity index (χ0v) is 19.1. The van der Waals surface area contributed by atoms with Gasteiger partial charge in [0.15, 0.2) is 11.5 Å². The summed E-state index contributed by atoms with van der Waals surface area (Å²) in [7, 11) is 1.62. The van der Waals surface area contributed by atoms with Gasteiger partial charge in [-0.2, -0.15) is 5.26 Å². The molecule has 0 N–H and O–H groups in total. The molecule has 0 bridgehead atoms.